The summed E-state index contributed by atoms with van der Waals surface area (Å²) in [5.74, 6) is -2.60. The summed E-state index contributed by atoms with van der Waals surface area (Å²) in [5, 5.41) is 38.0. The molecule has 3 unspecified atom stereocenters. The molecule has 190 valence electrons. The van der Waals surface area contributed by atoms with E-state index in [4.69, 9.17) is 14.9 Å². The van der Waals surface area contributed by atoms with Gasteiger partial charge in [-0.15, -0.1) is 0 Å². The van der Waals surface area contributed by atoms with E-state index in [-0.39, 0.29) is 36.7 Å². The molecule has 0 spiro atoms. The highest BCUT2D eigenvalue weighted by molar-refractivity contribution is 5.91. The molecule has 9 heteroatoms. The Kier molecular flexibility index (Phi) is 10.4. The van der Waals surface area contributed by atoms with Gasteiger partial charge in [0, 0.05) is 18.6 Å². The lowest BCUT2D eigenvalue weighted by Crippen LogP contribution is -2.37. The number of aliphatic hydroxyl groups is 2. The van der Waals surface area contributed by atoms with Crippen molar-refractivity contribution in [3.05, 3.63) is 23.3 Å². The summed E-state index contributed by atoms with van der Waals surface area (Å²) in [7, 11) is 0. The smallest absolute Gasteiger partial charge is 0.325 e. The van der Waals surface area contributed by atoms with Gasteiger partial charge in [-0.1, -0.05) is 32.9 Å². The van der Waals surface area contributed by atoms with Crippen molar-refractivity contribution < 1.29 is 39.5 Å². The van der Waals surface area contributed by atoms with Crippen LogP contribution in [0.3, 0.4) is 0 Å². The number of carboxylic acid groups (broad SMARTS) is 2. The van der Waals surface area contributed by atoms with Gasteiger partial charge in [-0.2, -0.15) is 0 Å². The molecule has 0 aliphatic heterocycles. The van der Waals surface area contributed by atoms with E-state index in [1.165, 1.54) is 0 Å². The lowest BCUT2D eigenvalue weighted by molar-refractivity contribution is -0.152. The summed E-state index contributed by atoms with van der Waals surface area (Å²) >= 11 is 0. The maximum atomic E-state index is 12.6. The standard InChI is InChI=1S/C25H37NO8/c1-4-14(2)25(33)34-21-10-17(26-13-23(31)32)9-16-6-5-15(3)20(24(16)21)8-7-18(27)11-19(28)12-22(29)30/h5-6,14-15,18-21,27-28H,4,7-13H2,1-3H3,(H,29,30)(H,31,32)/t14-,15?,18+,19+,20?,21?/m0/s1. The Morgan fingerprint density at radius 2 is 1.88 bits per heavy atom. The average molecular weight is 480 g/mol. The first kappa shape index (κ1) is 27.7. The first-order valence-electron chi connectivity index (χ1n) is 11.9. The van der Waals surface area contributed by atoms with Crippen LogP contribution in [-0.2, 0) is 19.1 Å². The van der Waals surface area contributed by atoms with Crippen LogP contribution >= 0.6 is 0 Å². The average Bonchev–Trinajstić information content (AvgIpc) is 2.75. The van der Waals surface area contributed by atoms with Crippen LogP contribution in [-0.4, -0.2) is 68.9 Å². The molecule has 0 aromatic rings. The molecule has 0 amide bonds. The van der Waals surface area contributed by atoms with E-state index in [2.05, 4.69) is 18.0 Å². The summed E-state index contributed by atoms with van der Waals surface area (Å²) in [5.41, 5.74) is 2.62. The van der Waals surface area contributed by atoms with Gasteiger partial charge in [0.2, 0.25) is 0 Å². The lowest BCUT2D eigenvalue weighted by Gasteiger charge is -2.38. The van der Waals surface area contributed by atoms with Crippen LogP contribution in [0, 0.1) is 17.8 Å². The fraction of sp³-hybridized carbons (Fsp3) is 0.680. The molecule has 0 saturated heterocycles. The van der Waals surface area contributed by atoms with Crippen molar-refractivity contribution in [3.63, 3.8) is 0 Å². The van der Waals surface area contributed by atoms with Crippen LogP contribution in [0.15, 0.2) is 28.3 Å². The molecule has 6 atom stereocenters. The molecular formula is C25H37NO8. The molecule has 0 radical (unpaired) electrons. The van der Waals surface area contributed by atoms with E-state index >= 15 is 0 Å². The van der Waals surface area contributed by atoms with E-state index in [0.29, 0.717) is 37.8 Å². The molecule has 0 aromatic carbocycles. The summed E-state index contributed by atoms with van der Waals surface area (Å²) in [4.78, 5) is 38.6. The zero-order valence-electron chi connectivity index (χ0n) is 20.1. The van der Waals surface area contributed by atoms with Crippen molar-refractivity contribution in [2.75, 3.05) is 6.54 Å². The largest absolute Gasteiger partial charge is 0.481 e. The van der Waals surface area contributed by atoms with Crippen LogP contribution in [0.2, 0.25) is 0 Å². The third-order valence-corrected chi connectivity index (χ3v) is 6.64. The van der Waals surface area contributed by atoms with Crippen LogP contribution in [0.25, 0.3) is 0 Å². The highest BCUT2D eigenvalue weighted by Gasteiger charge is 2.37. The zero-order valence-corrected chi connectivity index (χ0v) is 20.1. The number of rotatable bonds is 12. The number of carbonyl (C=O) groups excluding carboxylic acids is 1. The molecule has 0 aromatic heterocycles. The molecule has 2 aliphatic carbocycles. The third-order valence-electron chi connectivity index (χ3n) is 6.64. The second-order valence-corrected chi connectivity index (χ2v) is 9.42. The van der Waals surface area contributed by atoms with Crippen molar-refractivity contribution in [1.29, 1.82) is 0 Å². The molecule has 0 fully saturated rings. The van der Waals surface area contributed by atoms with Gasteiger partial charge in [-0.25, -0.2) is 0 Å². The first-order chi connectivity index (χ1) is 16.0. The number of hydrogen-bond donors (Lipinski definition) is 4. The number of allylic oxidation sites excluding steroid dienone is 3. The number of ether oxygens (including phenoxy) is 1. The molecule has 34 heavy (non-hydrogen) atoms. The zero-order chi connectivity index (χ0) is 25.4. The van der Waals surface area contributed by atoms with Gasteiger partial charge in [-0.3, -0.25) is 19.4 Å². The molecule has 0 saturated carbocycles. The maximum absolute atomic E-state index is 12.6. The highest BCUT2D eigenvalue weighted by atomic mass is 16.5. The van der Waals surface area contributed by atoms with Gasteiger partial charge in [0.15, 0.2) is 0 Å². The molecule has 2 aliphatic rings. The van der Waals surface area contributed by atoms with E-state index in [1.807, 2.05) is 13.0 Å². The Morgan fingerprint density at radius 3 is 2.50 bits per heavy atom. The molecular weight excluding hydrogens is 442 g/mol. The second-order valence-electron chi connectivity index (χ2n) is 9.42. The summed E-state index contributed by atoms with van der Waals surface area (Å²) in [6, 6.07) is 0. The van der Waals surface area contributed by atoms with Gasteiger partial charge >= 0.3 is 17.9 Å². The van der Waals surface area contributed by atoms with Crippen molar-refractivity contribution >= 4 is 23.6 Å². The predicted molar refractivity (Wildman–Crippen MR) is 125 cm³/mol. The number of carboxylic acids is 2. The van der Waals surface area contributed by atoms with Gasteiger partial charge in [0.05, 0.1) is 24.5 Å². The van der Waals surface area contributed by atoms with Crippen LogP contribution in [0.5, 0.6) is 0 Å². The van der Waals surface area contributed by atoms with Gasteiger partial charge in [0.1, 0.15) is 12.6 Å². The monoisotopic (exact) mass is 479 g/mol. The van der Waals surface area contributed by atoms with Crippen molar-refractivity contribution in [2.24, 2.45) is 22.7 Å². The van der Waals surface area contributed by atoms with Gasteiger partial charge in [-0.05, 0) is 48.7 Å². The summed E-state index contributed by atoms with van der Waals surface area (Å²) in [6.45, 7) is 5.43. The number of nitrogens with zero attached hydrogens (tertiary/aromatic N) is 1. The van der Waals surface area contributed by atoms with Crippen LogP contribution in [0.1, 0.15) is 65.7 Å². The number of hydrogen-bond acceptors (Lipinski definition) is 7. The van der Waals surface area contributed by atoms with Crippen LogP contribution in [0.4, 0.5) is 0 Å². The minimum atomic E-state index is -1.12. The van der Waals surface area contributed by atoms with E-state index in [1.54, 1.807) is 6.92 Å². The summed E-state index contributed by atoms with van der Waals surface area (Å²) in [6.07, 6.45) is 3.50. The Balaban J connectivity index is 2.23. The lowest BCUT2D eigenvalue weighted by atomic mass is 9.70. The third kappa shape index (κ3) is 8.06. The number of aliphatic carboxylic acids is 2. The Bertz CT molecular complexity index is 846. The number of aliphatic imine (C=N–C) groups is 1. The minimum Gasteiger partial charge on any atom is -0.481 e. The number of aliphatic hydroxyl groups excluding tert-OH is 2. The Hall–Kier alpha value is -2.52. The quantitative estimate of drug-likeness (QED) is 0.312. The van der Waals surface area contributed by atoms with Crippen LogP contribution < -0.4 is 0 Å². The molecule has 0 bridgehead atoms. The first-order valence-corrected chi connectivity index (χ1v) is 11.9. The predicted octanol–water partition coefficient (Wildman–Crippen LogP) is 2.75. The Morgan fingerprint density at radius 1 is 1.18 bits per heavy atom. The van der Waals surface area contributed by atoms with Crippen molar-refractivity contribution in [1.82, 2.24) is 0 Å². The van der Waals surface area contributed by atoms with Gasteiger partial charge < -0.3 is 25.2 Å². The van der Waals surface area contributed by atoms with Crippen molar-refractivity contribution in [3.8, 4) is 0 Å². The topological polar surface area (TPSA) is 154 Å². The normalized spacial score (nSPS) is 26.0. The van der Waals surface area contributed by atoms with E-state index < -0.39 is 36.7 Å². The number of carbonyl (C=O) groups is 3. The number of esters is 1. The molecule has 4 N–H and O–H groups in total. The van der Waals surface area contributed by atoms with E-state index in [0.717, 1.165) is 11.1 Å². The fourth-order valence-electron chi connectivity index (χ4n) is 4.58. The molecule has 2 rings (SSSR count). The SMILES string of the molecule is CC[C@H](C)C(=O)OC1CC(=NCC(=O)O)CC2=C1C(CC[C@@H](O)C[C@@H](O)CC(=O)O)C(C)C=C2. The van der Waals surface area contributed by atoms with Gasteiger partial charge in [0.25, 0.3) is 0 Å². The van der Waals surface area contributed by atoms with E-state index in [9.17, 15) is 24.6 Å². The minimum absolute atomic E-state index is 0.0120. The summed E-state index contributed by atoms with van der Waals surface area (Å²) < 4.78 is 5.92. The Labute approximate surface area is 200 Å². The highest BCUT2D eigenvalue weighted by Crippen LogP contribution is 2.42. The molecule has 0 heterocycles. The maximum Gasteiger partial charge on any atom is 0.325 e. The molecule has 9 nitrogen and oxygen atoms in total. The van der Waals surface area contributed by atoms with Crippen molar-refractivity contribution in [2.45, 2.75) is 84.0 Å². The fourth-order valence-corrected chi connectivity index (χ4v) is 4.58. The second kappa shape index (κ2) is 12.8.